The Balaban J connectivity index is 1.54. The number of carbonyl (C=O) groups is 1. The van der Waals surface area contributed by atoms with Gasteiger partial charge in [-0.1, -0.05) is 91.0 Å². The van der Waals surface area contributed by atoms with Crippen LogP contribution in [0.1, 0.15) is 29.0 Å². The summed E-state index contributed by atoms with van der Waals surface area (Å²) in [6.45, 7) is 2.35. The van der Waals surface area contributed by atoms with Gasteiger partial charge in [0.15, 0.2) is 5.78 Å². The molecule has 1 aliphatic rings. The molecule has 4 rings (SSSR count). The van der Waals surface area contributed by atoms with Gasteiger partial charge in [-0.25, -0.2) is 0 Å². The first-order valence-electron chi connectivity index (χ1n) is 9.70. The van der Waals surface area contributed by atoms with Crippen molar-refractivity contribution in [3.8, 4) is 0 Å². The van der Waals surface area contributed by atoms with Crippen molar-refractivity contribution in [1.29, 1.82) is 0 Å². The molecule has 0 saturated carbocycles. The summed E-state index contributed by atoms with van der Waals surface area (Å²) in [5.74, 6) is 0.537. The molecule has 0 N–H and O–H groups in total. The van der Waals surface area contributed by atoms with Gasteiger partial charge in [0.2, 0.25) is 0 Å². The predicted octanol–water partition coefficient (Wildman–Crippen LogP) is 4.91. The van der Waals surface area contributed by atoms with E-state index >= 15 is 0 Å². The third kappa shape index (κ3) is 4.17. The predicted molar refractivity (Wildman–Crippen MR) is 110 cm³/mol. The normalized spacial score (nSPS) is 18.0. The highest BCUT2D eigenvalue weighted by molar-refractivity contribution is 5.85. The molecule has 1 atom stereocenters. The highest BCUT2D eigenvalue weighted by Crippen LogP contribution is 2.36. The minimum Gasteiger partial charge on any atom is -0.298 e. The molecular formula is C25H25NO. The van der Waals surface area contributed by atoms with E-state index in [9.17, 15) is 4.79 Å². The molecule has 27 heavy (non-hydrogen) atoms. The van der Waals surface area contributed by atoms with Crippen LogP contribution in [-0.4, -0.2) is 23.8 Å². The third-order valence-electron chi connectivity index (χ3n) is 5.52. The standard InChI is InChI=1S/C25H25NO/c27-24-19-26(18-20-10-4-1-5-11-20)17-16-23(24)25(21-12-6-2-7-13-21)22-14-8-3-9-15-22/h1-15,23,25H,16-19H2. The second-order valence-corrected chi connectivity index (χ2v) is 7.36. The fourth-order valence-electron chi connectivity index (χ4n) is 4.21. The fourth-order valence-corrected chi connectivity index (χ4v) is 4.21. The number of piperidine rings is 1. The Morgan fingerprint density at radius 3 is 1.81 bits per heavy atom. The van der Waals surface area contributed by atoms with Crippen molar-refractivity contribution >= 4 is 5.78 Å². The van der Waals surface area contributed by atoms with Crippen LogP contribution in [0.2, 0.25) is 0 Å². The lowest BCUT2D eigenvalue weighted by atomic mass is 9.75. The minimum absolute atomic E-state index is 0.0434. The zero-order valence-electron chi connectivity index (χ0n) is 15.5. The van der Waals surface area contributed by atoms with Crippen LogP contribution >= 0.6 is 0 Å². The van der Waals surface area contributed by atoms with E-state index in [4.69, 9.17) is 0 Å². The summed E-state index contributed by atoms with van der Waals surface area (Å²) in [4.78, 5) is 15.4. The zero-order valence-corrected chi connectivity index (χ0v) is 15.5. The van der Waals surface area contributed by atoms with E-state index in [0.717, 1.165) is 19.5 Å². The number of Topliss-reactive ketones (excluding diaryl/α,β-unsaturated/α-hetero) is 1. The van der Waals surface area contributed by atoms with Crippen LogP contribution in [0.5, 0.6) is 0 Å². The molecule has 0 radical (unpaired) electrons. The third-order valence-corrected chi connectivity index (χ3v) is 5.52. The average Bonchev–Trinajstić information content (AvgIpc) is 2.72. The molecule has 0 aliphatic carbocycles. The van der Waals surface area contributed by atoms with Gasteiger partial charge in [-0.05, 0) is 29.7 Å². The Hall–Kier alpha value is -2.71. The maximum absolute atomic E-state index is 13.1. The largest absolute Gasteiger partial charge is 0.298 e. The van der Waals surface area contributed by atoms with Gasteiger partial charge in [-0.3, -0.25) is 9.69 Å². The monoisotopic (exact) mass is 355 g/mol. The summed E-state index contributed by atoms with van der Waals surface area (Å²) < 4.78 is 0. The smallest absolute Gasteiger partial charge is 0.150 e. The molecule has 3 aromatic rings. The zero-order chi connectivity index (χ0) is 18.5. The van der Waals surface area contributed by atoms with Crippen LogP contribution in [0.25, 0.3) is 0 Å². The van der Waals surface area contributed by atoms with Crippen molar-refractivity contribution in [2.45, 2.75) is 18.9 Å². The summed E-state index contributed by atoms with van der Waals surface area (Å²) >= 11 is 0. The molecule has 1 saturated heterocycles. The molecule has 1 fully saturated rings. The number of rotatable bonds is 5. The number of hydrogen-bond donors (Lipinski definition) is 0. The van der Waals surface area contributed by atoms with Crippen LogP contribution in [0, 0.1) is 5.92 Å². The molecule has 1 heterocycles. The molecule has 0 bridgehead atoms. The van der Waals surface area contributed by atoms with E-state index in [1.807, 2.05) is 18.2 Å². The summed E-state index contributed by atoms with van der Waals surface area (Å²) in [5, 5.41) is 0. The lowest BCUT2D eigenvalue weighted by molar-refractivity contribution is -0.127. The van der Waals surface area contributed by atoms with Gasteiger partial charge in [0, 0.05) is 18.4 Å². The van der Waals surface area contributed by atoms with Crippen molar-refractivity contribution in [2.24, 2.45) is 5.92 Å². The molecule has 136 valence electrons. The molecule has 1 aliphatic heterocycles. The summed E-state index contributed by atoms with van der Waals surface area (Å²) in [7, 11) is 0. The van der Waals surface area contributed by atoms with Crippen molar-refractivity contribution in [3.63, 3.8) is 0 Å². The Kier molecular flexibility index (Phi) is 5.45. The first-order valence-corrected chi connectivity index (χ1v) is 9.70. The topological polar surface area (TPSA) is 20.3 Å². The van der Waals surface area contributed by atoms with Gasteiger partial charge in [0.05, 0.1) is 6.54 Å². The van der Waals surface area contributed by atoms with Crippen LogP contribution in [-0.2, 0) is 11.3 Å². The Morgan fingerprint density at radius 1 is 0.778 bits per heavy atom. The summed E-state index contributed by atoms with van der Waals surface area (Å²) in [6.07, 6.45) is 0.903. The molecular weight excluding hydrogens is 330 g/mol. The maximum atomic E-state index is 13.1. The van der Waals surface area contributed by atoms with Gasteiger partial charge < -0.3 is 0 Å². The highest BCUT2D eigenvalue weighted by Gasteiger charge is 2.34. The number of likely N-dealkylation sites (tertiary alicyclic amines) is 1. The quantitative estimate of drug-likeness (QED) is 0.648. The number of carbonyl (C=O) groups excluding carboxylic acids is 1. The lowest BCUT2D eigenvalue weighted by Gasteiger charge is -2.35. The molecule has 1 unspecified atom stereocenters. The van der Waals surface area contributed by atoms with Gasteiger partial charge in [-0.15, -0.1) is 0 Å². The van der Waals surface area contributed by atoms with Crippen LogP contribution in [0.4, 0.5) is 0 Å². The van der Waals surface area contributed by atoms with E-state index in [-0.39, 0.29) is 11.8 Å². The maximum Gasteiger partial charge on any atom is 0.150 e. The summed E-state index contributed by atoms with van der Waals surface area (Å²) in [5.41, 5.74) is 3.74. The number of nitrogens with zero attached hydrogens (tertiary/aromatic N) is 1. The Bertz CT molecular complexity index is 821. The average molecular weight is 355 g/mol. The number of benzene rings is 3. The van der Waals surface area contributed by atoms with Crippen LogP contribution in [0.3, 0.4) is 0 Å². The molecule has 2 heteroatoms. The molecule has 0 spiro atoms. The molecule has 0 aromatic heterocycles. The Labute approximate surface area is 161 Å². The lowest BCUT2D eigenvalue weighted by Crippen LogP contribution is -2.42. The Morgan fingerprint density at radius 2 is 1.30 bits per heavy atom. The first kappa shape index (κ1) is 17.7. The molecule has 0 amide bonds. The first-order chi connectivity index (χ1) is 13.3. The SMILES string of the molecule is O=C1CN(Cc2ccccc2)CCC1C(c1ccccc1)c1ccccc1. The number of hydrogen-bond acceptors (Lipinski definition) is 2. The van der Waals surface area contributed by atoms with Crippen molar-refractivity contribution in [2.75, 3.05) is 13.1 Å². The minimum atomic E-state index is 0.0434. The van der Waals surface area contributed by atoms with Crippen molar-refractivity contribution in [1.82, 2.24) is 4.90 Å². The van der Waals surface area contributed by atoms with E-state index in [0.29, 0.717) is 12.3 Å². The van der Waals surface area contributed by atoms with Crippen LogP contribution in [0.15, 0.2) is 91.0 Å². The van der Waals surface area contributed by atoms with Gasteiger partial charge in [-0.2, -0.15) is 0 Å². The highest BCUT2D eigenvalue weighted by atomic mass is 16.1. The number of ketones is 1. The van der Waals surface area contributed by atoms with Gasteiger partial charge >= 0.3 is 0 Å². The second-order valence-electron chi connectivity index (χ2n) is 7.36. The fraction of sp³-hybridized carbons (Fsp3) is 0.240. The van der Waals surface area contributed by atoms with E-state index in [1.54, 1.807) is 0 Å². The second kappa shape index (κ2) is 8.32. The van der Waals surface area contributed by atoms with E-state index in [2.05, 4.69) is 77.7 Å². The van der Waals surface area contributed by atoms with E-state index in [1.165, 1.54) is 16.7 Å². The van der Waals surface area contributed by atoms with Gasteiger partial charge in [0.1, 0.15) is 0 Å². The van der Waals surface area contributed by atoms with Crippen LogP contribution < -0.4 is 0 Å². The summed E-state index contributed by atoms with van der Waals surface area (Å²) in [6, 6.07) is 31.4. The molecule has 2 nitrogen and oxygen atoms in total. The molecule has 3 aromatic carbocycles. The van der Waals surface area contributed by atoms with Gasteiger partial charge in [0.25, 0.3) is 0 Å². The van der Waals surface area contributed by atoms with E-state index < -0.39 is 0 Å². The van der Waals surface area contributed by atoms with Crippen molar-refractivity contribution < 1.29 is 4.79 Å². The van der Waals surface area contributed by atoms with Crippen molar-refractivity contribution in [3.05, 3.63) is 108 Å².